The molecule has 24 heavy (non-hydrogen) atoms. The van der Waals surface area contributed by atoms with Gasteiger partial charge in [-0.15, -0.1) is 5.10 Å². The molecule has 124 valence electrons. The molecule has 1 amide bonds. The molecule has 0 radical (unpaired) electrons. The normalized spacial score (nSPS) is 12.1. The van der Waals surface area contributed by atoms with E-state index in [0.717, 1.165) is 5.56 Å². The molecule has 1 aromatic carbocycles. The number of benzene rings is 1. The van der Waals surface area contributed by atoms with Crippen LogP contribution in [0.25, 0.3) is 5.69 Å². The van der Waals surface area contributed by atoms with Crippen LogP contribution in [0.15, 0.2) is 36.9 Å². The summed E-state index contributed by atoms with van der Waals surface area (Å²) in [5.41, 5.74) is 1.67. The molecule has 9 heteroatoms. The van der Waals surface area contributed by atoms with Crippen LogP contribution in [-0.4, -0.2) is 41.0 Å². The van der Waals surface area contributed by atoms with Crippen molar-refractivity contribution in [2.24, 2.45) is 7.05 Å². The first-order chi connectivity index (χ1) is 11.6. The van der Waals surface area contributed by atoms with Gasteiger partial charge in [0.05, 0.1) is 23.5 Å². The number of hydrogen-bond donors (Lipinski definition) is 2. The number of rotatable bonds is 5. The maximum absolute atomic E-state index is 12.5. The van der Waals surface area contributed by atoms with Gasteiger partial charge in [-0.05, 0) is 29.0 Å². The summed E-state index contributed by atoms with van der Waals surface area (Å²) in [5, 5.41) is 28.0. The topological polar surface area (TPSA) is 111 Å². The number of aromatic nitrogens is 6. The van der Waals surface area contributed by atoms with Crippen LogP contribution < -0.4 is 5.32 Å². The smallest absolute Gasteiger partial charge is 0.255 e. The number of carbonyl (C=O) groups is 1. The minimum absolute atomic E-state index is 0.137. The highest BCUT2D eigenvalue weighted by Gasteiger charge is 2.18. The second-order valence-corrected chi connectivity index (χ2v) is 5.34. The molecule has 2 heterocycles. The summed E-state index contributed by atoms with van der Waals surface area (Å²) in [5.74, 6) is -0.493. The Morgan fingerprint density at radius 2 is 2.25 bits per heavy atom. The zero-order valence-electron chi connectivity index (χ0n) is 13.3. The molecule has 1 atom stereocenters. The van der Waals surface area contributed by atoms with Crippen molar-refractivity contribution in [3.63, 3.8) is 0 Å². The summed E-state index contributed by atoms with van der Waals surface area (Å²) >= 11 is 0. The Labute approximate surface area is 137 Å². The number of phenols is 1. The predicted molar refractivity (Wildman–Crippen MR) is 84.5 cm³/mol. The van der Waals surface area contributed by atoms with E-state index >= 15 is 0 Å². The number of nitrogens with zero attached hydrogens (tertiary/aromatic N) is 6. The van der Waals surface area contributed by atoms with E-state index in [1.807, 2.05) is 20.2 Å². The third kappa shape index (κ3) is 3.09. The molecule has 0 spiro atoms. The minimum Gasteiger partial charge on any atom is -0.507 e. The van der Waals surface area contributed by atoms with Crippen LogP contribution in [-0.2, 0) is 7.05 Å². The number of aryl methyl sites for hydroxylation is 1. The lowest BCUT2D eigenvalue weighted by molar-refractivity contribution is 0.0933. The van der Waals surface area contributed by atoms with Gasteiger partial charge < -0.3 is 10.4 Å². The molecule has 1 unspecified atom stereocenters. The Hall–Kier alpha value is -3.23. The number of nitrogens with one attached hydrogen (secondary N) is 1. The zero-order chi connectivity index (χ0) is 17.1. The molecular weight excluding hydrogens is 310 g/mol. The fourth-order valence-corrected chi connectivity index (χ4v) is 2.41. The molecule has 3 rings (SSSR count). The lowest BCUT2D eigenvalue weighted by Crippen LogP contribution is -2.28. The highest BCUT2D eigenvalue weighted by atomic mass is 16.3. The molecule has 0 bridgehead atoms. The van der Waals surface area contributed by atoms with Gasteiger partial charge in [-0.25, -0.2) is 4.68 Å². The van der Waals surface area contributed by atoms with Crippen molar-refractivity contribution in [3.8, 4) is 11.4 Å². The first kappa shape index (κ1) is 15.7. The highest BCUT2D eigenvalue weighted by Crippen LogP contribution is 2.22. The van der Waals surface area contributed by atoms with E-state index in [4.69, 9.17) is 0 Å². The zero-order valence-corrected chi connectivity index (χ0v) is 13.3. The van der Waals surface area contributed by atoms with Crippen LogP contribution in [0.1, 0.15) is 35.3 Å². The van der Waals surface area contributed by atoms with Crippen LogP contribution in [0.4, 0.5) is 0 Å². The van der Waals surface area contributed by atoms with Gasteiger partial charge in [-0.3, -0.25) is 9.48 Å². The number of hydrogen-bond acceptors (Lipinski definition) is 6. The average molecular weight is 327 g/mol. The van der Waals surface area contributed by atoms with E-state index in [1.165, 1.54) is 23.1 Å². The summed E-state index contributed by atoms with van der Waals surface area (Å²) in [4.78, 5) is 12.5. The van der Waals surface area contributed by atoms with E-state index in [0.29, 0.717) is 12.1 Å². The summed E-state index contributed by atoms with van der Waals surface area (Å²) in [6.45, 7) is 1.97. The third-order valence-corrected chi connectivity index (χ3v) is 3.68. The fourth-order valence-electron chi connectivity index (χ4n) is 2.41. The molecule has 9 nitrogen and oxygen atoms in total. The molecule has 0 aliphatic heterocycles. The van der Waals surface area contributed by atoms with Gasteiger partial charge >= 0.3 is 0 Å². The summed E-state index contributed by atoms with van der Waals surface area (Å²) in [6.07, 6.45) is 5.69. The second-order valence-electron chi connectivity index (χ2n) is 5.34. The number of carbonyl (C=O) groups excluding carboxylic acids is 1. The van der Waals surface area contributed by atoms with Crippen molar-refractivity contribution in [1.29, 1.82) is 0 Å². The Bertz CT molecular complexity index is 841. The van der Waals surface area contributed by atoms with Crippen LogP contribution >= 0.6 is 0 Å². The van der Waals surface area contributed by atoms with Gasteiger partial charge in [-0.2, -0.15) is 5.10 Å². The lowest BCUT2D eigenvalue weighted by Gasteiger charge is -2.16. The lowest BCUT2D eigenvalue weighted by atomic mass is 10.1. The summed E-state index contributed by atoms with van der Waals surface area (Å²) in [6, 6.07) is 4.47. The molecule has 0 fully saturated rings. The van der Waals surface area contributed by atoms with Gasteiger partial charge in [0, 0.05) is 24.9 Å². The van der Waals surface area contributed by atoms with Gasteiger partial charge in [-0.1, -0.05) is 6.92 Å². The quantitative estimate of drug-likeness (QED) is 0.723. The van der Waals surface area contributed by atoms with Gasteiger partial charge in [0.25, 0.3) is 5.91 Å². The van der Waals surface area contributed by atoms with Crippen molar-refractivity contribution in [2.75, 3.05) is 0 Å². The van der Waals surface area contributed by atoms with Gasteiger partial charge in [0.1, 0.15) is 12.1 Å². The van der Waals surface area contributed by atoms with Crippen LogP contribution in [0.2, 0.25) is 0 Å². The standard InChI is InChI=1S/C15H17N7O2/c1-3-13(10-7-17-21(2)8-10)18-15(24)12-5-4-11(6-14(12)23)22-9-16-19-20-22/h4-9,13,23H,3H2,1-2H3,(H,18,24). The van der Waals surface area contributed by atoms with E-state index in [-0.39, 0.29) is 23.3 Å². The first-order valence-electron chi connectivity index (χ1n) is 7.44. The van der Waals surface area contributed by atoms with Crippen LogP contribution in [0.3, 0.4) is 0 Å². The molecular formula is C15H17N7O2. The maximum atomic E-state index is 12.5. The monoisotopic (exact) mass is 327 g/mol. The SMILES string of the molecule is CCC(NC(=O)c1ccc(-n2cnnn2)cc1O)c1cnn(C)c1. The number of amides is 1. The van der Waals surface area contributed by atoms with Gasteiger partial charge in [0.2, 0.25) is 0 Å². The van der Waals surface area contributed by atoms with Crippen molar-refractivity contribution in [3.05, 3.63) is 48.0 Å². The Kier molecular flexibility index (Phi) is 4.23. The Morgan fingerprint density at radius 1 is 1.42 bits per heavy atom. The molecule has 2 N–H and O–H groups in total. The maximum Gasteiger partial charge on any atom is 0.255 e. The van der Waals surface area contributed by atoms with E-state index in [9.17, 15) is 9.90 Å². The van der Waals surface area contributed by atoms with Crippen molar-refractivity contribution in [1.82, 2.24) is 35.3 Å². The second kappa shape index (κ2) is 6.49. The third-order valence-electron chi connectivity index (χ3n) is 3.68. The molecule has 2 aromatic heterocycles. The largest absolute Gasteiger partial charge is 0.507 e. The van der Waals surface area contributed by atoms with Crippen molar-refractivity contribution >= 4 is 5.91 Å². The number of phenolic OH excluding ortho intramolecular Hbond substituents is 1. The molecule has 3 aromatic rings. The average Bonchev–Trinajstić information content (AvgIpc) is 3.24. The highest BCUT2D eigenvalue weighted by molar-refractivity contribution is 5.97. The Morgan fingerprint density at radius 3 is 2.83 bits per heavy atom. The number of tetrazole rings is 1. The van der Waals surface area contributed by atoms with Crippen molar-refractivity contribution in [2.45, 2.75) is 19.4 Å². The van der Waals surface area contributed by atoms with Crippen LogP contribution in [0.5, 0.6) is 5.75 Å². The molecule has 0 saturated carbocycles. The van der Waals surface area contributed by atoms with E-state index in [1.54, 1.807) is 16.9 Å². The summed E-state index contributed by atoms with van der Waals surface area (Å²) < 4.78 is 3.08. The first-order valence-corrected chi connectivity index (χ1v) is 7.44. The molecule has 0 aliphatic carbocycles. The Balaban J connectivity index is 1.79. The van der Waals surface area contributed by atoms with Crippen molar-refractivity contribution < 1.29 is 9.90 Å². The predicted octanol–water partition coefficient (Wildman–Crippen LogP) is 0.982. The molecule has 0 saturated heterocycles. The summed E-state index contributed by atoms with van der Waals surface area (Å²) in [7, 11) is 1.82. The minimum atomic E-state index is -0.355. The van der Waals surface area contributed by atoms with E-state index in [2.05, 4.69) is 25.9 Å². The fraction of sp³-hybridized carbons (Fsp3) is 0.267. The van der Waals surface area contributed by atoms with Gasteiger partial charge in [0.15, 0.2) is 0 Å². The molecule has 0 aliphatic rings. The number of aromatic hydroxyl groups is 1. The van der Waals surface area contributed by atoms with Crippen LogP contribution in [0, 0.1) is 0 Å². The van der Waals surface area contributed by atoms with E-state index < -0.39 is 0 Å².